The van der Waals surface area contributed by atoms with Gasteiger partial charge in [-0.05, 0) is 12.5 Å². The van der Waals surface area contributed by atoms with Gasteiger partial charge in [0.05, 0.1) is 6.54 Å². The molecule has 0 saturated carbocycles. The van der Waals surface area contributed by atoms with Crippen LogP contribution in [0.5, 0.6) is 0 Å². The number of aliphatic imine (C=N–C) groups is 1. The third-order valence-corrected chi connectivity index (χ3v) is 2.45. The van der Waals surface area contributed by atoms with Gasteiger partial charge in [-0.3, -0.25) is 4.99 Å². The van der Waals surface area contributed by atoms with Crippen LogP contribution in [0, 0.1) is 0 Å². The Morgan fingerprint density at radius 2 is 2.05 bits per heavy atom. The lowest BCUT2D eigenvalue weighted by molar-refractivity contribution is 0.111. The highest BCUT2D eigenvalue weighted by Crippen LogP contribution is 2.15. The summed E-state index contributed by atoms with van der Waals surface area (Å²) >= 11 is 0. The molecule has 19 heavy (non-hydrogen) atoms. The summed E-state index contributed by atoms with van der Waals surface area (Å²) < 4.78 is 5.40. The van der Waals surface area contributed by atoms with E-state index >= 15 is 0 Å². The van der Waals surface area contributed by atoms with Crippen molar-refractivity contribution in [1.82, 2.24) is 5.32 Å². The van der Waals surface area contributed by atoms with Crippen LogP contribution in [-0.2, 0) is 4.74 Å². The first kappa shape index (κ1) is 17.9. The number of ether oxygens (including phenoxy) is 1. The molecule has 0 heterocycles. The van der Waals surface area contributed by atoms with Gasteiger partial charge in [0.1, 0.15) is 6.10 Å². The Bertz CT molecular complexity index is 406. The fourth-order valence-corrected chi connectivity index (χ4v) is 1.46. The monoisotopic (exact) mass is 375 g/mol. The molecule has 4 nitrogen and oxygen atoms in total. The molecule has 0 radical (unpaired) electrons. The number of methoxy groups -OCH3 is 1. The Morgan fingerprint density at radius 1 is 1.42 bits per heavy atom. The second kappa shape index (κ2) is 9.80. The predicted molar refractivity (Wildman–Crippen MR) is 90.9 cm³/mol. The average molecular weight is 375 g/mol. The molecule has 1 rings (SSSR count). The number of hydrogen-bond acceptors (Lipinski definition) is 2. The van der Waals surface area contributed by atoms with Crippen molar-refractivity contribution in [1.29, 1.82) is 0 Å². The van der Waals surface area contributed by atoms with Gasteiger partial charge in [0.25, 0.3) is 0 Å². The van der Waals surface area contributed by atoms with Gasteiger partial charge >= 0.3 is 0 Å². The average Bonchev–Trinajstić information content (AvgIpc) is 2.38. The van der Waals surface area contributed by atoms with E-state index in [4.69, 9.17) is 10.5 Å². The number of nitrogens with zero attached hydrogens (tertiary/aromatic N) is 1. The van der Waals surface area contributed by atoms with Gasteiger partial charge in [-0.1, -0.05) is 42.5 Å². The molecule has 0 aliphatic carbocycles. The van der Waals surface area contributed by atoms with Gasteiger partial charge in [-0.15, -0.1) is 24.0 Å². The van der Waals surface area contributed by atoms with E-state index < -0.39 is 0 Å². The first-order chi connectivity index (χ1) is 8.63. The smallest absolute Gasteiger partial charge is 0.188 e. The van der Waals surface area contributed by atoms with Gasteiger partial charge < -0.3 is 15.8 Å². The fourth-order valence-electron chi connectivity index (χ4n) is 1.46. The van der Waals surface area contributed by atoms with E-state index in [1.54, 1.807) is 7.11 Å². The first-order valence-corrected chi connectivity index (χ1v) is 5.89. The van der Waals surface area contributed by atoms with Crippen LogP contribution in [0.3, 0.4) is 0 Å². The number of hydrogen-bond donors (Lipinski definition) is 2. The Hall–Kier alpha value is -1.08. The maximum absolute atomic E-state index is 5.75. The van der Waals surface area contributed by atoms with Gasteiger partial charge in [-0.25, -0.2) is 0 Å². The van der Waals surface area contributed by atoms with E-state index in [9.17, 15) is 0 Å². The molecule has 0 fully saturated rings. The van der Waals surface area contributed by atoms with E-state index in [2.05, 4.69) is 16.9 Å². The SMILES string of the molecule is C=C(C)CNC(N)=NCC(OC)c1ccccc1.I. The highest BCUT2D eigenvalue weighted by molar-refractivity contribution is 14.0. The molecule has 106 valence electrons. The van der Waals surface area contributed by atoms with E-state index in [1.807, 2.05) is 37.3 Å². The van der Waals surface area contributed by atoms with Crippen molar-refractivity contribution in [3.05, 3.63) is 48.0 Å². The minimum absolute atomic E-state index is 0. The lowest BCUT2D eigenvalue weighted by Crippen LogP contribution is -2.33. The topological polar surface area (TPSA) is 59.6 Å². The minimum atomic E-state index is -0.0728. The van der Waals surface area contributed by atoms with Crippen LogP contribution < -0.4 is 11.1 Å². The second-order valence-electron chi connectivity index (χ2n) is 4.17. The van der Waals surface area contributed by atoms with Gasteiger partial charge in [0, 0.05) is 13.7 Å². The Balaban J connectivity index is 0.00000324. The van der Waals surface area contributed by atoms with Crippen molar-refractivity contribution in [2.75, 3.05) is 20.2 Å². The molecule has 1 aromatic rings. The van der Waals surface area contributed by atoms with Crippen molar-refractivity contribution >= 4 is 29.9 Å². The van der Waals surface area contributed by atoms with E-state index in [0.717, 1.165) is 11.1 Å². The predicted octanol–water partition coefficient (Wildman–Crippen LogP) is 2.47. The van der Waals surface area contributed by atoms with Crippen molar-refractivity contribution in [3.8, 4) is 0 Å². The number of rotatable bonds is 6. The summed E-state index contributed by atoms with van der Waals surface area (Å²) in [5, 5.41) is 2.99. The number of nitrogens with one attached hydrogen (secondary N) is 1. The fraction of sp³-hybridized carbons (Fsp3) is 0.357. The third kappa shape index (κ3) is 7.17. The van der Waals surface area contributed by atoms with Crippen molar-refractivity contribution < 1.29 is 4.74 Å². The maximum Gasteiger partial charge on any atom is 0.188 e. The highest BCUT2D eigenvalue weighted by Gasteiger charge is 2.08. The third-order valence-electron chi connectivity index (χ3n) is 2.45. The molecule has 1 aromatic carbocycles. The summed E-state index contributed by atoms with van der Waals surface area (Å²) in [6.45, 7) is 6.85. The van der Waals surface area contributed by atoms with Crippen LogP contribution >= 0.6 is 24.0 Å². The Kier molecular flexibility index (Phi) is 9.24. The summed E-state index contributed by atoms with van der Waals surface area (Å²) in [5.41, 5.74) is 7.85. The molecular weight excluding hydrogens is 353 g/mol. The normalized spacial score (nSPS) is 12.4. The number of nitrogens with two attached hydrogens (primary N) is 1. The lowest BCUT2D eigenvalue weighted by atomic mass is 10.1. The van der Waals surface area contributed by atoms with Crippen LogP contribution in [0.2, 0.25) is 0 Å². The molecule has 3 N–H and O–H groups in total. The molecule has 1 unspecified atom stereocenters. The van der Waals surface area contributed by atoms with Crippen molar-refractivity contribution in [3.63, 3.8) is 0 Å². The van der Waals surface area contributed by atoms with Gasteiger partial charge in [0.2, 0.25) is 0 Å². The molecule has 0 spiro atoms. The summed E-state index contributed by atoms with van der Waals surface area (Å²) in [5.74, 6) is 0.413. The van der Waals surface area contributed by atoms with E-state index in [1.165, 1.54) is 0 Å². The van der Waals surface area contributed by atoms with Crippen LogP contribution in [0.25, 0.3) is 0 Å². The summed E-state index contributed by atoms with van der Waals surface area (Å²) in [6.07, 6.45) is -0.0728. The quantitative estimate of drug-likeness (QED) is 0.348. The largest absolute Gasteiger partial charge is 0.375 e. The van der Waals surface area contributed by atoms with Gasteiger partial charge in [-0.2, -0.15) is 0 Å². The van der Waals surface area contributed by atoms with Crippen molar-refractivity contribution in [2.45, 2.75) is 13.0 Å². The molecule has 5 heteroatoms. The minimum Gasteiger partial charge on any atom is -0.375 e. The molecule has 0 saturated heterocycles. The number of guanidine groups is 1. The zero-order chi connectivity index (χ0) is 13.4. The molecule has 1 atom stereocenters. The summed E-state index contributed by atoms with van der Waals surface area (Å²) in [4.78, 5) is 4.26. The van der Waals surface area contributed by atoms with Crippen LogP contribution in [0.4, 0.5) is 0 Å². The highest BCUT2D eigenvalue weighted by atomic mass is 127. The van der Waals surface area contributed by atoms with E-state index in [-0.39, 0.29) is 30.1 Å². The van der Waals surface area contributed by atoms with Crippen LogP contribution in [0.1, 0.15) is 18.6 Å². The zero-order valence-electron chi connectivity index (χ0n) is 11.4. The molecular formula is C14H22IN3O. The second-order valence-corrected chi connectivity index (χ2v) is 4.17. The van der Waals surface area contributed by atoms with Gasteiger partial charge in [0.15, 0.2) is 5.96 Å². The van der Waals surface area contributed by atoms with E-state index in [0.29, 0.717) is 19.0 Å². The Morgan fingerprint density at radius 3 is 2.58 bits per heavy atom. The number of benzene rings is 1. The number of halogens is 1. The maximum atomic E-state index is 5.75. The summed E-state index contributed by atoms with van der Waals surface area (Å²) in [7, 11) is 1.67. The van der Waals surface area contributed by atoms with Crippen molar-refractivity contribution in [2.24, 2.45) is 10.7 Å². The lowest BCUT2D eigenvalue weighted by Gasteiger charge is -2.14. The molecule has 0 aliphatic heterocycles. The first-order valence-electron chi connectivity index (χ1n) is 5.89. The molecule has 0 aromatic heterocycles. The molecule has 0 aliphatic rings. The molecule has 0 amide bonds. The Labute approximate surface area is 132 Å². The molecule has 0 bridgehead atoms. The zero-order valence-corrected chi connectivity index (χ0v) is 13.8. The summed E-state index contributed by atoms with van der Waals surface area (Å²) in [6, 6.07) is 9.96. The van der Waals surface area contributed by atoms with Crippen LogP contribution in [-0.4, -0.2) is 26.2 Å². The standard InChI is InChI=1S/C14H21N3O.HI/c1-11(2)9-16-14(15)17-10-13(18-3)12-7-5-4-6-8-12;/h4-8,13H,1,9-10H2,2-3H3,(H3,15,16,17);1H. The van der Waals surface area contributed by atoms with Crippen LogP contribution in [0.15, 0.2) is 47.5 Å².